The number of hydrogen-bond acceptors (Lipinski definition) is 10. The maximum Gasteiger partial charge on any atom is 0.119 e. The van der Waals surface area contributed by atoms with E-state index in [1.54, 1.807) is 0 Å². The van der Waals surface area contributed by atoms with Crippen LogP contribution in [0.2, 0.25) is 0 Å². The van der Waals surface area contributed by atoms with Crippen molar-refractivity contribution in [1.82, 2.24) is 0 Å². The zero-order chi connectivity index (χ0) is 34.4. The molecule has 0 aromatic heterocycles. The van der Waals surface area contributed by atoms with Gasteiger partial charge in [-0.1, -0.05) is 0 Å². The van der Waals surface area contributed by atoms with Gasteiger partial charge in [-0.2, -0.15) is 0 Å². The van der Waals surface area contributed by atoms with E-state index in [2.05, 4.69) is 9.98 Å². The van der Waals surface area contributed by atoms with Gasteiger partial charge in [-0.3, -0.25) is 9.98 Å². The molecule has 0 amide bonds. The molecular formula is C40H44N2O8. The second-order valence-electron chi connectivity index (χ2n) is 12.2. The first-order chi connectivity index (χ1) is 24.5. The van der Waals surface area contributed by atoms with Crippen molar-refractivity contribution in [2.75, 3.05) is 52.9 Å². The highest BCUT2D eigenvalue weighted by atomic mass is 16.6. The second-order valence-corrected chi connectivity index (χ2v) is 12.2. The average Bonchev–Trinajstić information content (AvgIpc) is 4.08. The number of rotatable bonds is 21. The van der Waals surface area contributed by atoms with Crippen LogP contribution in [-0.4, -0.2) is 89.7 Å². The van der Waals surface area contributed by atoms with Crippen LogP contribution in [0.4, 0.5) is 11.4 Å². The number of epoxide rings is 2. The van der Waals surface area contributed by atoms with Crippen LogP contribution < -0.4 is 18.9 Å². The Hall–Kier alpha value is -4.74. The summed E-state index contributed by atoms with van der Waals surface area (Å²) in [6.45, 7) is 8.56. The molecule has 10 nitrogen and oxygen atoms in total. The minimum atomic E-state index is -0.107. The van der Waals surface area contributed by atoms with E-state index in [0.29, 0.717) is 39.6 Å². The Bertz CT molecular complexity index is 1510. The van der Waals surface area contributed by atoms with Gasteiger partial charge in [-0.25, -0.2) is 0 Å². The van der Waals surface area contributed by atoms with Gasteiger partial charge in [0.2, 0.25) is 0 Å². The Morgan fingerprint density at radius 2 is 0.920 bits per heavy atom. The summed E-state index contributed by atoms with van der Waals surface area (Å²) in [6, 6.07) is 31.0. The number of hydrogen-bond donors (Lipinski definition) is 0. The summed E-state index contributed by atoms with van der Waals surface area (Å²) >= 11 is 0. The van der Waals surface area contributed by atoms with Crippen molar-refractivity contribution in [2.45, 2.75) is 38.3 Å². The maximum absolute atomic E-state index is 6.00. The molecule has 2 fully saturated rings. The Labute approximate surface area is 293 Å². The topological polar surface area (TPSA) is 105 Å². The van der Waals surface area contributed by atoms with E-state index in [-0.39, 0.29) is 24.4 Å². The molecule has 4 aromatic carbocycles. The van der Waals surface area contributed by atoms with E-state index >= 15 is 0 Å². The van der Waals surface area contributed by atoms with Gasteiger partial charge in [-0.15, -0.1) is 0 Å². The molecule has 0 radical (unpaired) electrons. The molecule has 0 aliphatic carbocycles. The minimum absolute atomic E-state index is 0.107. The van der Waals surface area contributed by atoms with Crippen LogP contribution in [0.5, 0.6) is 23.0 Å². The van der Waals surface area contributed by atoms with Crippen LogP contribution in [0.1, 0.15) is 25.0 Å². The van der Waals surface area contributed by atoms with Crippen molar-refractivity contribution < 1.29 is 37.9 Å². The highest BCUT2D eigenvalue weighted by molar-refractivity contribution is 5.82. The van der Waals surface area contributed by atoms with Gasteiger partial charge >= 0.3 is 0 Å². The van der Waals surface area contributed by atoms with Crippen LogP contribution in [-0.2, 0) is 18.9 Å². The molecule has 6 rings (SSSR count). The fourth-order valence-corrected chi connectivity index (χ4v) is 4.68. The molecule has 0 spiro atoms. The van der Waals surface area contributed by atoms with E-state index in [9.17, 15) is 0 Å². The molecule has 4 unspecified atom stereocenters. The predicted octanol–water partition coefficient (Wildman–Crippen LogP) is 7.01. The SMILES string of the molecule is CC(COCCOCC(C)Oc1ccc(C=Nc2ccc(OCC3CO3)cc2)cc1)Oc1ccc(C=Nc2ccc(OCC3CO3)cc2)cc1. The van der Waals surface area contributed by atoms with Crippen LogP contribution >= 0.6 is 0 Å². The minimum Gasteiger partial charge on any atom is -0.491 e. The lowest BCUT2D eigenvalue weighted by Gasteiger charge is -2.16. The van der Waals surface area contributed by atoms with E-state index < -0.39 is 0 Å². The van der Waals surface area contributed by atoms with Crippen molar-refractivity contribution in [3.05, 3.63) is 108 Å². The third-order valence-corrected chi connectivity index (χ3v) is 7.59. The molecule has 0 N–H and O–H groups in total. The molecular weight excluding hydrogens is 636 g/mol. The van der Waals surface area contributed by atoms with Gasteiger partial charge in [0.1, 0.15) is 60.6 Å². The summed E-state index contributed by atoms with van der Waals surface area (Å²) in [4.78, 5) is 9.09. The predicted molar refractivity (Wildman–Crippen MR) is 193 cm³/mol. The first kappa shape index (κ1) is 35.1. The van der Waals surface area contributed by atoms with Gasteiger partial charge in [0.25, 0.3) is 0 Å². The summed E-state index contributed by atoms with van der Waals surface area (Å²) in [5, 5.41) is 0. The molecule has 2 aliphatic heterocycles. The van der Waals surface area contributed by atoms with E-state index in [1.165, 1.54) is 0 Å². The number of aliphatic imine (C=N–C) groups is 2. The monoisotopic (exact) mass is 680 g/mol. The fourth-order valence-electron chi connectivity index (χ4n) is 4.68. The molecule has 262 valence electrons. The highest BCUT2D eigenvalue weighted by Crippen LogP contribution is 2.22. The van der Waals surface area contributed by atoms with Crippen molar-refractivity contribution in [3.63, 3.8) is 0 Å². The molecule has 4 atom stereocenters. The van der Waals surface area contributed by atoms with Gasteiger partial charge in [0.05, 0.1) is 51.0 Å². The fraction of sp³-hybridized carbons (Fsp3) is 0.350. The Kier molecular flexibility index (Phi) is 12.9. The third-order valence-electron chi connectivity index (χ3n) is 7.59. The summed E-state index contributed by atoms with van der Waals surface area (Å²) in [6.07, 6.45) is 3.92. The Morgan fingerprint density at radius 3 is 1.28 bits per heavy atom. The van der Waals surface area contributed by atoms with Crippen LogP contribution in [0, 0.1) is 0 Å². The molecule has 2 heterocycles. The summed E-state index contributed by atoms with van der Waals surface area (Å²) in [5.41, 5.74) is 3.67. The van der Waals surface area contributed by atoms with Gasteiger partial charge in [0.15, 0.2) is 0 Å². The molecule has 0 bridgehead atoms. The number of nitrogens with zero attached hydrogens (tertiary/aromatic N) is 2. The molecule has 4 aromatic rings. The Morgan fingerprint density at radius 1 is 0.560 bits per heavy atom. The standard InChI is InChI=1S/C40H44N2O8/c1-29(49-37-11-3-31(4-12-37)21-41-33-7-15-35(16-8-33)45-25-39-27-47-39)23-43-19-20-44-24-30(2)50-38-13-5-32(6-14-38)22-42-34-9-17-36(18-10-34)46-26-40-28-48-40/h3-18,21-22,29-30,39-40H,19-20,23-28H2,1-2H3. The lowest BCUT2D eigenvalue weighted by atomic mass is 10.2. The van der Waals surface area contributed by atoms with Crippen LogP contribution in [0.15, 0.2) is 107 Å². The van der Waals surface area contributed by atoms with Gasteiger partial charge < -0.3 is 37.9 Å². The molecule has 10 heteroatoms. The normalized spacial score (nSPS) is 17.8. The van der Waals surface area contributed by atoms with E-state index in [0.717, 1.165) is 58.7 Å². The molecule has 2 aliphatic rings. The quantitative estimate of drug-likeness (QED) is 0.0526. The summed E-state index contributed by atoms with van der Waals surface area (Å²) in [5.74, 6) is 3.19. The zero-order valence-corrected chi connectivity index (χ0v) is 28.5. The highest BCUT2D eigenvalue weighted by Gasteiger charge is 2.23. The smallest absolute Gasteiger partial charge is 0.119 e. The maximum atomic E-state index is 6.00. The summed E-state index contributed by atoms with van der Waals surface area (Å²) in [7, 11) is 0. The molecule has 0 saturated carbocycles. The second kappa shape index (κ2) is 18.3. The van der Waals surface area contributed by atoms with Crippen LogP contribution in [0.25, 0.3) is 0 Å². The molecule has 2 saturated heterocycles. The van der Waals surface area contributed by atoms with Crippen molar-refractivity contribution >= 4 is 23.8 Å². The van der Waals surface area contributed by atoms with Crippen molar-refractivity contribution in [3.8, 4) is 23.0 Å². The molecule has 50 heavy (non-hydrogen) atoms. The Balaban J connectivity index is 0.804. The lowest BCUT2D eigenvalue weighted by Crippen LogP contribution is -2.23. The van der Waals surface area contributed by atoms with Gasteiger partial charge in [0, 0.05) is 12.4 Å². The summed E-state index contributed by atoms with van der Waals surface area (Å²) < 4.78 is 45.2. The number of benzene rings is 4. The van der Waals surface area contributed by atoms with E-state index in [4.69, 9.17) is 37.9 Å². The average molecular weight is 681 g/mol. The van der Waals surface area contributed by atoms with Crippen molar-refractivity contribution in [1.29, 1.82) is 0 Å². The third kappa shape index (κ3) is 12.6. The first-order valence-electron chi connectivity index (χ1n) is 17.0. The zero-order valence-electron chi connectivity index (χ0n) is 28.5. The van der Waals surface area contributed by atoms with Crippen molar-refractivity contribution in [2.24, 2.45) is 9.98 Å². The largest absolute Gasteiger partial charge is 0.491 e. The van der Waals surface area contributed by atoms with Crippen LogP contribution in [0.3, 0.4) is 0 Å². The first-order valence-corrected chi connectivity index (χ1v) is 17.0. The lowest BCUT2D eigenvalue weighted by molar-refractivity contribution is -0.00159. The number of ether oxygens (including phenoxy) is 8. The van der Waals surface area contributed by atoms with Gasteiger partial charge in [-0.05, 0) is 122 Å². The van der Waals surface area contributed by atoms with E-state index in [1.807, 2.05) is 123 Å².